The van der Waals surface area contributed by atoms with Gasteiger partial charge in [0.15, 0.2) is 0 Å². The highest BCUT2D eigenvalue weighted by molar-refractivity contribution is 7.17. The van der Waals surface area contributed by atoms with Crippen LogP contribution in [-0.4, -0.2) is 21.9 Å². The normalized spacial score (nSPS) is 11.4. The Morgan fingerprint density at radius 3 is 2.90 bits per heavy atom. The molecule has 1 N–H and O–H groups in total. The number of H-pyrrole nitrogens is 1. The second-order valence-corrected chi connectivity index (χ2v) is 6.23. The van der Waals surface area contributed by atoms with Crippen LogP contribution >= 0.6 is 22.9 Å². The molecule has 4 nitrogen and oxygen atoms in total. The van der Waals surface area contributed by atoms with Crippen molar-refractivity contribution in [2.75, 3.05) is 7.05 Å². The zero-order valence-electron chi connectivity index (χ0n) is 11.5. The van der Waals surface area contributed by atoms with Gasteiger partial charge in [-0.25, -0.2) is 4.98 Å². The molecule has 0 saturated carbocycles. The van der Waals surface area contributed by atoms with E-state index in [4.69, 9.17) is 11.6 Å². The number of aromatic nitrogens is 2. The summed E-state index contributed by atoms with van der Waals surface area (Å²) in [5, 5.41) is 2.63. The number of benzene rings is 1. The standard InChI is InChI=1S/C15H14ClN3OS/c1-19(8-10-4-2-3-5-11(10)16)9-13-17-12-6-7-21-14(12)15(20)18-13/h2-7H,8-9H2,1H3,(H,17,18,20). The molecule has 1 aromatic carbocycles. The van der Waals surface area contributed by atoms with Crippen molar-refractivity contribution >= 4 is 33.2 Å². The van der Waals surface area contributed by atoms with Crippen LogP contribution in [0.15, 0.2) is 40.5 Å². The van der Waals surface area contributed by atoms with Crippen molar-refractivity contribution in [1.29, 1.82) is 0 Å². The first-order valence-corrected chi connectivity index (χ1v) is 7.77. The minimum Gasteiger partial charge on any atom is -0.308 e. The Bertz CT molecular complexity index is 827. The monoisotopic (exact) mass is 319 g/mol. The van der Waals surface area contributed by atoms with Gasteiger partial charge in [0.25, 0.3) is 5.56 Å². The van der Waals surface area contributed by atoms with Crippen LogP contribution in [0.3, 0.4) is 0 Å². The number of aromatic amines is 1. The van der Waals surface area contributed by atoms with Crippen LogP contribution < -0.4 is 5.56 Å². The molecule has 0 fully saturated rings. The van der Waals surface area contributed by atoms with Gasteiger partial charge in [0.05, 0.1) is 12.1 Å². The fourth-order valence-electron chi connectivity index (χ4n) is 2.23. The van der Waals surface area contributed by atoms with Crippen LogP contribution in [0, 0.1) is 0 Å². The van der Waals surface area contributed by atoms with Gasteiger partial charge >= 0.3 is 0 Å². The lowest BCUT2D eigenvalue weighted by molar-refractivity contribution is 0.311. The third kappa shape index (κ3) is 3.15. The van der Waals surface area contributed by atoms with E-state index >= 15 is 0 Å². The summed E-state index contributed by atoms with van der Waals surface area (Å²) in [4.78, 5) is 21.3. The van der Waals surface area contributed by atoms with Gasteiger partial charge in [-0.2, -0.15) is 0 Å². The van der Waals surface area contributed by atoms with E-state index in [1.807, 2.05) is 42.8 Å². The van der Waals surface area contributed by atoms with E-state index in [-0.39, 0.29) is 5.56 Å². The van der Waals surface area contributed by atoms with E-state index in [1.165, 1.54) is 11.3 Å². The van der Waals surface area contributed by atoms with Crippen LogP contribution in [-0.2, 0) is 13.1 Å². The molecular formula is C15H14ClN3OS. The molecule has 0 unspecified atom stereocenters. The number of nitrogens with one attached hydrogen (secondary N) is 1. The summed E-state index contributed by atoms with van der Waals surface area (Å²) in [5.74, 6) is 0.667. The zero-order chi connectivity index (χ0) is 14.8. The molecule has 3 rings (SSSR count). The molecule has 0 bridgehead atoms. The van der Waals surface area contributed by atoms with Crippen molar-refractivity contribution in [3.8, 4) is 0 Å². The number of hydrogen-bond donors (Lipinski definition) is 1. The first-order valence-electron chi connectivity index (χ1n) is 6.52. The minimum absolute atomic E-state index is 0.0730. The lowest BCUT2D eigenvalue weighted by Crippen LogP contribution is -2.21. The number of halogens is 1. The fraction of sp³-hybridized carbons (Fsp3) is 0.200. The quantitative estimate of drug-likeness (QED) is 0.803. The van der Waals surface area contributed by atoms with Gasteiger partial charge in [-0.15, -0.1) is 11.3 Å². The molecule has 108 valence electrons. The van der Waals surface area contributed by atoms with Gasteiger partial charge in [-0.05, 0) is 30.1 Å². The van der Waals surface area contributed by atoms with Crippen LogP contribution in [0.5, 0.6) is 0 Å². The number of thiophene rings is 1. The summed E-state index contributed by atoms with van der Waals surface area (Å²) in [6, 6.07) is 9.62. The summed E-state index contributed by atoms with van der Waals surface area (Å²) >= 11 is 7.57. The molecule has 0 spiro atoms. The van der Waals surface area contributed by atoms with Crippen LogP contribution in [0.1, 0.15) is 11.4 Å². The van der Waals surface area contributed by atoms with Gasteiger partial charge in [0.2, 0.25) is 0 Å². The second-order valence-electron chi connectivity index (χ2n) is 4.91. The van der Waals surface area contributed by atoms with Crippen molar-refractivity contribution in [1.82, 2.24) is 14.9 Å². The largest absolute Gasteiger partial charge is 0.308 e. The van der Waals surface area contributed by atoms with E-state index in [1.54, 1.807) is 0 Å². The summed E-state index contributed by atoms with van der Waals surface area (Å²) in [7, 11) is 1.97. The average Bonchev–Trinajstić information content (AvgIpc) is 2.90. The topological polar surface area (TPSA) is 49.0 Å². The van der Waals surface area contributed by atoms with E-state index in [9.17, 15) is 4.79 Å². The van der Waals surface area contributed by atoms with Crippen molar-refractivity contribution in [3.05, 3.63) is 62.5 Å². The molecule has 0 atom stereocenters. The highest BCUT2D eigenvalue weighted by atomic mass is 35.5. The molecule has 2 heterocycles. The molecule has 0 aliphatic carbocycles. The Morgan fingerprint density at radius 2 is 2.10 bits per heavy atom. The van der Waals surface area contributed by atoms with Crippen molar-refractivity contribution < 1.29 is 0 Å². The molecule has 21 heavy (non-hydrogen) atoms. The number of fused-ring (bicyclic) bond motifs is 1. The van der Waals surface area contributed by atoms with Crippen LogP contribution in [0.25, 0.3) is 10.2 Å². The van der Waals surface area contributed by atoms with Crippen LogP contribution in [0.4, 0.5) is 0 Å². The van der Waals surface area contributed by atoms with Crippen molar-refractivity contribution in [3.63, 3.8) is 0 Å². The van der Waals surface area contributed by atoms with Gasteiger partial charge in [-0.3, -0.25) is 9.69 Å². The van der Waals surface area contributed by atoms with Gasteiger partial charge < -0.3 is 4.98 Å². The number of nitrogens with zero attached hydrogens (tertiary/aromatic N) is 2. The predicted molar refractivity (Wildman–Crippen MR) is 86.9 cm³/mol. The average molecular weight is 320 g/mol. The molecule has 0 amide bonds. The molecule has 0 aliphatic rings. The SMILES string of the molecule is CN(Cc1nc2ccsc2c(=O)[nH]1)Cc1ccccc1Cl. The van der Waals surface area contributed by atoms with E-state index < -0.39 is 0 Å². The maximum absolute atomic E-state index is 11.9. The van der Waals surface area contributed by atoms with Crippen LogP contribution in [0.2, 0.25) is 5.02 Å². The van der Waals surface area contributed by atoms with E-state index in [2.05, 4.69) is 14.9 Å². The fourth-order valence-corrected chi connectivity index (χ4v) is 3.15. The van der Waals surface area contributed by atoms with E-state index in [0.717, 1.165) is 16.1 Å². The Morgan fingerprint density at radius 1 is 1.29 bits per heavy atom. The van der Waals surface area contributed by atoms with Gasteiger partial charge in [0, 0.05) is 11.6 Å². The Balaban J connectivity index is 1.78. The Hall–Kier alpha value is -1.69. The minimum atomic E-state index is -0.0730. The molecule has 6 heteroatoms. The molecule has 0 aliphatic heterocycles. The molecular weight excluding hydrogens is 306 g/mol. The Labute approximate surface area is 131 Å². The molecule has 2 aromatic heterocycles. The Kier molecular flexibility index (Phi) is 4.05. The highest BCUT2D eigenvalue weighted by Gasteiger charge is 2.09. The second kappa shape index (κ2) is 5.97. The van der Waals surface area contributed by atoms with Gasteiger partial charge in [-0.1, -0.05) is 29.8 Å². The predicted octanol–water partition coefficient (Wildman–Crippen LogP) is 3.27. The summed E-state index contributed by atoms with van der Waals surface area (Å²) < 4.78 is 0.674. The first kappa shape index (κ1) is 14.3. The summed E-state index contributed by atoms with van der Waals surface area (Å²) in [6.07, 6.45) is 0. The molecule has 0 saturated heterocycles. The van der Waals surface area contributed by atoms with Crippen molar-refractivity contribution in [2.45, 2.75) is 13.1 Å². The number of hydrogen-bond acceptors (Lipinski definition) is 4. The highest BCUT2D eigenvalue weighted by Crippen LogP contribution is 2.18. The smallest absolute Gasteiger partial charge is 0.268 e. The maximum Gasteiger partial charge on any atom is 0.268 e. The van der Waals surface area contributed by atoms with Gasteiger partial charge in [0.1, 0.15) is 10.5 Å². The summed E-state index contributed by atoms with van der Waals surface area (Å²) in [5.41, 5.74) is 1.74. The third-order valence-corrected chi connectivity index (χ3v) is 4.45. The van der Waals surface area contributed by atoms with Crippen molar-refractivity contribution in [2.24, 2.45) is 0 Å². The van der Waals surface area contributed by atoms with E-state index in [0.29, 0.717) is 23.6 Å². The molecule has 0 radical (unpaired) electrons. The number of rotatable bonds is 4. The third-order valence-electron chi connectivity index (χ3n) is 3.18. The lowest BCUT2D eigenvalue weighted by Gasteiger charge is -2.16. The molecule has 3 aromatic rings. The first-order chi connectivity index (χ1) is 10.1. The zero-order valence-corrected chi connectivity index (χ0v) is 13.0. The maximum atomic E-state index is 11.9. The lowest BCUT2D eigenvalue weighted by atomic mass is 10.2. The summed E-state index contributed by atoms with van der Waals surface area (Å²) in [6.45, 7) is 1.26.